The van der Waals surface area contributed by atoms with E-state index in [-0.39, 0.29) is 11.9 Å². The van der Waals surface area contributed by atoms with Crippen LogP contribution in [0.3, 0.4) is 0 Å². The van der Waals surface area contributed by atoms with Crippen LogP contribution in [0.5, 0.6) is 0 Å². The number of carbonyl (C=O) groups excluding carboxylic acids is 1. The molecule has 2 aliphatic rings. The van der Waals surface area contributed by atoms with Crippen LogP contribution in [0.2, 0.25) is 0 Å². The highest BCUT2D eigenvalue weighted by Crippen LogP contribution is 2.21. The first-order valence-electron chi connectivity index (χ1n) is 10.00. The summed E-state index contributed by atoms with van der Waals surface area (Å²) in [6.45, 7) is 6.45. The lowest BCUT2D eigenvalue weighted by Crippen LogP contribution is -2.52. The molecule has 1 aromatic heterocycles. The lowest BCUT2D eigenvalue weighted by Gasteiger charge is -2.34. The maximum atomic E-state index is 12.7. The van der Waals surface area contributed by atoms with Gasteiger partial charge in [0.25, 0.3) is 5.91 Å². The van der Waals surface area contributed by atoms with E-state index in [4.69, 9.17) is 4.74 Å². The summed E-state index contributed by atoms with van der Waals surface area (Å²) in [5.74, 6) is -0.0247. The third-order valence-corrected chi connectivity index (χ3v) is 5.66. The number of hydrogen-bond acceptors (Lipinski definition) is 4. The number of piperidine rings is 1. The molecule has 0 spiro atoms. The molecule has 0 aliphatic carbocycles. The summed E-state index contributed by atoms with van der Waals surface area (Å²) in [6, 6.07) is 8.11. The van der Waals surface area contributed by atoms with E-state index in [1.54, 1.807) is 0 Å². The fourth-order valence-corrected chi connectivity index (χ4v) is 4.04. The summed E-state index contributed by atoms with van der Waals surface area (Å²) < 4.78 is 7.58. The molecule has 2 aliphatic heterocycles. The van der Waals surface area contributed by atoms with Crippen LogP contribution in [0.25, 0.3) is 11.1 Å². The molecule has 0 bridgehead atoms. The molecule has 6 heteroatoms. The number of aromatic nitrogens is 2. The van der Waals surface area contributed by atoms with Gasteiger partial charge in [-0.15, -0.1) is 0 Å². The predicted octanol–water partition coefficient (Wildman–Crippen LogP) is 2.55. The highest BCUT2D eigenvalue weighted by molar-refractivity contribution is 5.95. The quantitative estimate of drug-likeness (QED) is 0.881. The zero-order valence-corrected chi connectivity index (χ0v) is 15.9. The van der Waals surface area contributed by atoms with Gasteiger partial charge in [-0.05, 0) is 50.6 Å². The van der Waals surface area contributed by atoms with Crippen molar-refractivity contribution in [3.05, 3.63) is 42.2 Å². The Morgan fingerprint density at radius 3 is 2.63 bits per heavy atom. The van der Waals surface area contributed by atoms with Crippen molar-refractivity contribution in [2.75, 3.05) is 26.3 Å². The average molecular weight is 368 g/mol. The van der Waals surface area contributed by atoms with Crippen molar-refractivity contribution >= 4 is 5.91 Å². The van der Waals surface area contributed by atoms with E-state index in [9.17, 15) is 4.79 Å². The first-order chi connectivity index (χ1) is 13.2. The first kappa shape index (κ1) is 18.2. The van der Waals surface area contributed by atoms with Gasteiger partial charge in [0.15, 0.2) is 0 Å². The van der Waals surface area contributed by atoms with Crippen LogP contribution in [0.4, 0.5) is 0 Å². The van der Waals surface area contributed by atoms with Crippen LogP contribution < -0.4 is 5.32 Å². The summed E-state index contributed by atoms with van der Waals surface area (Å²) in [5.41, 5.74) is 2.82. The minimum atomic E-state index is -0.0247. The Hall–Kier alpha value is -2.18. The molecular weight excluding hydrogens is 340 g/mol. The Morgan fingerprint density at radius 1 is 1.15 bits per heavy atom. The van der Waals surface area contributed by atoms with Crippen LogP contribution in [-0.4, -0.2) is 59.0 Å². The molecule has 0 unspecified atom stereocenters. The van der Waals surface area contributed by atoms with E-state index in [0.29, 0.717) is 24.8 Å². The number of likely N-dealkylation sites (tertiary alicyclic amines) is 1. The van der Waals surface area contributed by atoms with Gasteiger partial charge in [0, 0.05) is 23.9 Å². The van der Waals surface area contributed by atoms with E-state index < -0.39 is 0 Å². The lowest BCUT2D eigenvalue weighted by molar-refractivity contribution is 0.0900. The number of benzene rings is 1. The second-order valence-corrected chi connectivity index (χ2v) is 7.44. The van der Waals surface area contributed by atoms with Crippen LogP contribution in [-0.2, 0) is 11.3 Å². The molecule has 0 radical (unpaired) electrons. The molecule has 1 amide bonds. The normalized spacial score (nSPS) is 23.4. The first-order valence-corrected chi connectivity index (χ1v) is 10.00. The van der Waals surface area contributed by atoms with Gasteiger partial charge in [0.05, 0.1) is 31.5 Å². The molecule has 3 heterocycles. The third kappa shape index (κ3) is 4.06. The van der Waals surface area contributed by atoms with Gasteiger partial charge in [0.2, 0.25) is 0 Å². The van der Waals surface area contributed by atoms with Gasteiger partial charge in [0.1, 0.15) is 0 Å². The topological polar surface area (TPSA) is 59.4 Å². The van der Waals surface area contributed by atoms with Crippen molar-refractivity contribution in [1.82, 2.24) is 20.0 Å². The maximum absolute atomic E-state index is 12.7. The standard InChI is InChI=1S/C21H28N4O2/c1-2-25-13-18(12-22-25)16-6-8-17(9-7-16)21(26)23-19-14-27-15-20(19)24-10-4-3-5-11-24/h6-9,12-13,19-20H,2-5,10-11,14-15H2,1H3,(H,23,26)/t19-,20-/m0/s1. The van der Waals surface area contributed by atoms with Crippen molar-refractivity contribution in [3.63, 3.8) is 0 Å². The largest absolute Gasteiger partial charge is 0.378 e. The molecule has 0 saturated carbocycles. The van der Waals surface area contributed by atoms with E-state index in [2.05, 4.69) is 22.2 Å². The van der Waals surface area contributed by atoms with E-state index >= 15 is 0 Å². The van der Waals surface area contributed by atoms with Crippen LogP contribution in [0, 0.1) is 0 Å². The minimum absolute atomic E-state index is 0.0247. The molecular formula is C21H28N4O2. The Morgan fingerprint density at radius 2 is 1.93 bits per heavy atom. The SMILES string of the molecule is CCn1cc(-c2ccc(C(=O)N[C@H]3COC[C@@H]3N3CCCCC3)cc2)cn1. The van der Waals surface area contributed by atoms with Crippen molar-refractivity contribution in [2.24, 2.45) is 0 Å². The van der Waals surface area contributed by atoms with E-state index in [1.807, 2.05) is 41.3 Å². The van der Waals surface area contributed by atoms with Gasteiger partial charge in [-0.3, -0.25) is 14.4 Å². The van der Waals surface area contributed by atoms with Gasteiger partial charge >= 0.3 is 0 Å². The van der Waals surface area contributed by atoms with Crippen molar-refractivity contribution in [1.29, 1.82) is 0 Å². The summed E-state index contributed by atoms with van der Waals surface area (Å²) in [6.07, 6.45) is 7.68. The van der Waals surface area contributed by atoms with E-state index in [0.717, 1.165) is 30.8 Å². The minimum Gasteiger partial charge on any atom is -0.378 e. The summed E-state index contributed by atoms with van der Waals surface area (Å²) in [5, 5.41) is 7.50. The van der Waals surface area contributed by atoms with Gasteiger partial charge in [-0.2, -0.15) is 5.10 Å². The summed E-state index contributed by atoms with van der Waals surface area (Å²) in [4.78, 5) is 15.2. The average Bonchev–Trinajstić information content (AvgIpc) is 3.38. The number of nitrogens with one attached hydrogen (secondary N) is 1. The molecule has 1 N–H and O–H groups in total. The summed E-state index contributed by atoms with van der Waals surface area (Å²) >= 11 is 0. The zero-order chi connectivity index (χ0) is 18.6. The van der Waals surface area contributed by atoms with Crippen LogP contribution in [0.1, 0.15) is 36.5 Å². The highest BCUT2D eigenvalue weighted by Gasteiger charge is 2.34. The Labute approximate surface area is 160 Å². The number of amides is 1. The molecule has 1 aromatic carbocycles. The second kappa shape index (κ2) is 8.23. The maximum Gasteiger partial charge on any atom is 0.251 e. The Kier molecular flexibility index (Phi) is 5.55. The zero-order valence-electron chi connectivity index (χ0n) is 15.9. The van der Waals surface area contributed by atoms with Crippen molar-refractivity contribution in [3.8, 4) is 11.1 Å². The molecule has 2 fully saturated rings. The number of carbonyl (C=O) groups is 1. The number of hydrogen-bond donors (Lipinski definition) is 1. The third-order valence-electron chi connectivity index (χ3n) is 5.66. The molecule has 27 heavy (non-hydrogen) atoms. The smallest absolute Gasteiger partial charge is 0.251 e. The predicted molar refractivity (Wildman–Crippen MR) is 105 cm³/mol. The number of nitrogens with zero attached hydrogens (tertiary/aromatic N) is 3. The van der Waals surface area contributed by atoms with Gasteiger partial charge in [-0.25, -0.2) is 0 Å². The number of ether oxygens (including phenoxy) is 1. The van der Waals surface area contributed by atoms with Gasteiger partial charge < -0.3 is 10.1 Å². The fourth-order valence-electron chi connectivity index (χ4n) is 4.04. The Bertz CT molecular complexity index is 765. The van der Waals surface area contributed by atoms with Crippen LogP contribution >= 0.6 is 0 Å². The fraction of sp³-hybridized carbons (Fsp3) is 0.524. The Balaban J connectivity index is 1.40. The number of rotatable bonds is 5. The number of aryl methyl sites for hydroxylation is 1. The van der Waals surface area contributed by atoms with Gasteiger partial charge in [-0.1, -0.05) is 18.6 Å². The van der Waals surface area contributed by atoms with Crippen molar-refractivity contribution < 1.29 is 9.53 Å². The summed E-state index contributed by atoms with van der Waals surface area (Å²) in [7, 11) is 0. The van der Waals surface area contributed by atoms with Crippen LogP contribution in [0.15, 0.2) is 36.7 Å². The molecule has 6 nitrogen and oxygen atoms in total. The van der Waals surface area contributed by atoms with E-state index in [1.165, 1.54) is 19.3 Å². The molecule has 2 atom stereocenters. The highest BCUT2D eigenvalue weighted by atomic mass is 16.5. The molecule has 144 valence electrons. The lowest BCUT2D eigenvalue weighted by atomic mass is 10.0. The molecule has 2 aromatic rings. The van der Waals surface area contributed by atoms with Crippen molar-refractivity contribution in [2.45, 2.75) is 44.8 Å². The second-order valence-electron chi connectivity index (χ2n) is 7.44. The molecule has 4 rings (SSSR count). The monoisotopic (exact) mass is 368 g/mol. The molecule has 2 saturated heterocycles.